The summed E-state index contributed by atoms with van der Waals surface area (Å²) in [5.74, 6) is -0.0971. The summed E-state index contributed by atoms with van der Waals surface area (Å²) in [5, 5.41) is 0. The monoisotopic (exact) mass is 307 g/mol. The summed E-state index contributed by atoms with van der Waals surface area (Å²) in [5.41, 5.74) is 0. The molecule has 0 aromatic carbocycles. The normalized spacial score (nSPS) is 27.3. The van der Waals surface area contributed by atoms with Crippen molar-refractivity contribution in [2.45, 2.75) is 57.4 Å². The zero-order chi connectivity index (χ0) is 13.9. The van der Waals surface area contributed by atoms with E-state index in [0.717, 1.165) is 12.8 Å². The van der Waals surface area contributed by atoms with Gasteiger partial charge in [0.1, 0.15) is 0 Å². The van der Waals surface area contributed by atoms with Crippen LogP contribution in [0.4, 0.5) is 0 Å². The maximum atomic E-state index is 12.1. The van der Waals surface area contributed by atoms with Gasteiger partial charge in [-0.25, -0.2) is 8.42 Å². The quantitative estimate of drug-likeness (QED) is 0.753. The number of rotatable bonds is 3. The van der Waals surface area contributed by atoms with Crippen LogP contribution in [0.1, 0.15) is 51.4 Å². The molecule has 1 aliphatic carbocycles. The topological polar surface area (TPSA) is 54.5 Å². The number of amides is 1. The molecule has 1 atom stereocenters. The molecule has 1 unspecified atom stereocenters. The third-order valence-corrected chi connectivity index (χ3v) is 5.44. The third kappa shape index (κ3) is 4.63. The predicted octanol–water partition coefficient (Wildman–Crippen LogP) is 2.52. The lowest BCUT2D eigenvalue weighted by Crippen LogP contribution is -2.37. The lowest BCUT2D eigenvalue weighted by atomic mass is 9.96. The Kier molecular flexibility index (Phi) is 5.12. The van der Waals surface area contributed by atoms with Crippen LogP contribution in [0.3, 0.4) is 0 Å². The summed E-state index contributed by atoms with van der Waals surface area (Å²) in [4.78, 5) is 14.0. The molecule has 1 saturated carbocycles. The molecule has 19 heavy (non-hydrogen) atoms. The van der Waals surface area contributed by atoms with Crippen molar-refractivity contribution in [1.82, 2.24) is 4.90 Å². The van der Waals surface area contributed by atoms with Crippen molar-refractivity contribution < 1.29 is 13.2 Å². The standard InChI is InChI=1S/C13H22ClNO3S/c14-19(17,18)10-11-8-13(16)15(9-11)12-6-4-2-1-3-5-7-12/h11-12H,1-10H2. The summed E-state index contributed by atoms with van der Waals surface area (Å²) in [6.07, 6.45) is 8.60. The first-order valence-corrected chi connectivity index (χ1v) is 9.65. The smallest absolute Gasteiger partial charge is 0.232 e. The fraction of sp³-hybridized carbons (Fsp3) is 0.923. The zero-order valence-corrected chi connectivity index (χ0v) is 12.8. The lowest BCUT2D eigenvalue weighted by molar-refractivity contribution is -0.130. The Labute approximate surface area is 119 Å². The molecule has 0 spiro atoms. The second kappa shape index (κ2) is 6.44. The Morgan fingerprint density at radius 3 is 2.26 bits per heavy atom. The van der Waals surface area contributed by atoms with Crippen molar-refractivity contribution in [2.24, 2.45) is 5.92 Å². The van der Waals surface area contributed by atoms with Crippen LogP contribution in [0.15, 0.2) is 0 Å². The van der Waals surface area contributed by atoms with E-state index in [-0.39, 0.29) is 17.6 Å². The molecule has 1 saturated heterocycles. The molecular formula is C13H22ClNO3S. The van der Waals surface area contributed by atoms with Crippen molar-refractivity contribution in [1.29, 1.82) is 0 Å². The van der Waals surface area contributed by atoms with Gasteiger partial charge >= 0.3 is 0 Å². The second-order valence-corrected chi connectivity index (χ2v) is 8.64. The molecule has 4 nitrogen and oxygen atoms in total. The van der Waals surface area contributed by atoms with Gasteiger partial charge in [-0.3, -0.25) is 4.79 Å². The van der Waals surface area contributed by atoms with Crippen molar-refractivity contribution >= 4 is 25.6 Å². The molecule has 2 fully saturated rings. The first-order chi connectivity index (χ1) is 8.96. The number of carbonyl (C=O) groups is 1. The fourth-order valence-corrected chi connectivity index (χ4v) is 4.62. The Balaban J connectivity index is 1.94. The van der Waals surface area contributed by atoms with E-state index >= 15 is 0 Å². The summed E-state index contributed by atoms with van der Waals surface area (Å²) >= 11 is 0. The van der Waals surface area contributed by atoms with E-state index in [9.17, 15) is 13.2 Å². The van der Waals surface area contributed by atoms with E-state index in [1.54, 1.807) is 0 Å². The molecule has 6 heteroatoms. The predicted molar refractivity (Wildman–Crippen MR) is 75.6 cm³/mol. The van der Waals surface area contributed by atoms with Gasteiger partial charge in [-0.1, -0.05) is 32.1 Å². The Bertz CT molecular complexity index is 416. The largest absolute Gasteiger partial charge is 0.339 e. The minimum absolute atomic E-state index is 0.0798. The van der Waals surface area contributed by atoms with Gasteiger partial charge in [0, 0.05) is 35.6 Å². The molecule has 2 aliphatic rings. The Morgan fingerprint density at radius 2 is 1.68 bits per heavy atom. The average Bonchev–Trinajstić information content (AvgIpc) is 2.56. The maximum Gasteiger partial charge on any atom is 0.232 e. The van der Waals surface area contributed by atoms with Crippen LogP contribution in [0.5, 0.6) is 0 Å². The van der Waals surface area contributed by atoms with Gasteiger partial charge in [0.2, 0.25) is 15.0 Å². The van der Waals surface area contributed by atoms with E-state index in [1.165, 1.54) is 32.1 Å². The SMILES string of the molecule is O=C1CC(CS(=O)(=O)Cl)CN1C1CCCCCCC1. The molecular weight excluding hydrogens is 286 g/mol. The van der Waals surface area contributed by atoms with Gasteiger partial charge < -0.3 is 4.90 Å². The van der Waals surface area contributed by atoms with Crippen molar-refractivity contribution in [3.63, 3.8) is 0 Å². The average molecular weight is 308 g/mol. The highest BCUT2D eigenvalue weighted by Gasteiger charge is 2.35. The van der Waals surface area contributed by atoms with Gasteiger partial charge in [-0.05, 0) is 12.8 Å². The molecule has 1 amide bonds. The van der Waals surface area contributed by atoms with E-state index in [1.807, 2.05) is 4.90 Å². The molecule has 0 radical (unpaired) electrons. The van der Waals surface area contributed by atoms with Crippen LogP contribution in [0.25, 0.3) is 0 Å². The first kappa shape index (κ1) is 15.1. The summed E-state index contributed by atoms with van der Waals surface area (Å²) < 4.78 is 22.2. The molecule has 0 N–H and O–H groups in total. The van der Waals surface area contributed by atoms with Crippen molar-refractivity contribution in [3.05, 3.63) is 0 Å². The first-order valence-electron chi connectivity index (χ1n) is 7.17. The summed E-state index contributed by atoms with van der Waals surface area (Å²) in [7, 11) is 1.78. The third-order valence-electron chi connectivity index (χ3n) is 4.19. The Morgan fingerprint density at radius 1 is 1.11 bits per heavy atom. The van der Waals surface area contributed by atoms with Gasteiger partial charge in [0.15, 0.2) is 0 Å². The second-order valence-electron chi connectivity index (χ2n) is 5.82. The molecule has 1 heterocycles. The number of likely N-dealkylation sites (tertiary alicyclic amines) is 1. The Hall–Kier alpha value is -0.290. The van der Waals surface area contributed by atoms with E-state index in [4.69, 9.17) is 10.7 Å². The van der Waals surface area contributed by atoms with Crippen molar-refractivity contribution in [3.8, 4) is 0 Å². The molecule has 110 valence electrons. The summed E-state index contributed by atoms with van der Waals surface area (Å²) in [6, 6.07) is 0.316. The van der Waals surface area contributed by atoms with E-state index in [0.29, 0.717) is 19.0 Å². The highest BCUT2D eigenvalue weighted by Crippen LogP contribution is 2.28. The number of nitrogens with zero attached hydrogens (tertiary/aromatic N) is 1. The minimum atomic E-state index is -3.50. The van der Waals surface area contributed by atoms with Crippen LogP contribution >= 0.6 is 10.7 Å². The van der Waals surface area contributed by atoms with Crippen LogP contribution < -0.4 is 0 Å². The van der Waals surface area contributed by atoms with Crippen molar-refractivity contribution in [2.75, 3.05) is 12.3 Å². The number of hydrogen-bond acceptors (Lipinski definition) is 3. The number of hydrogen-bond donors (Lipinski definition) is 0. The lowest BCUT2D eigenvalue weighted by Gasteiger charge is -2.29. The van der Waals surface area contributed by atoms with Gasteiger partial charge in [-0.15, -0.1) is 0 Å². The molecule has 1 aliphatic heterocycles. The van der Waals surface area contributed by atoms with Crippen LogP contribution in [0, 0.1) is 5.92 Å². The zero-order valence-electron chi connectivity index (χ0n) is 11.2. The molecule has 0 aromatic rings. The fourth-order valence-electron chi connectivity index (χ4n) is 3.30. The van der Waals surface area contributed by atoms with Crippen LogP contribution in [-0.2, 0) is 13.8 Å². The van der Waals surface area contributed by atoms with E-state index in [2.05, 4.69) is 0 Å². The van der Waals surface area contributed by atoms with Crippen LogP contribution in [0.2, 0.25) is 0 Å². The highest BCUT2D eigenvalue weighted by atomic mass is 35.7. The summed E-state index contributed by atoms with van der Waals surface area (Å²) in [6.45, 7) is 0.565. The van der Waals surface area contributed by atoms with Crippen LogP contribution in [-0.4, -0.2) is 37.6 Å². The number of halogens is 1. The number of carbonyl (C=O) groups excluding carboxylic acids is 1. The molecule has 0 aromatic heterocycles. The highest BCUT2D eigenvalue weighted by molar-refractivity contribution is 8.13. The molecule has 0 bridgehead atoms. The maximum absolute atomic E-state index is 12.1. The van der Waals surface area contributed by atoms with Gasteiger partial charge in [-0.2, -0.15) is 0 Å². The molecule has 2 rings (SSSR count). The van der Waals surface area contributed by atoms with Gasteiger partial charge in [0.25, 0.3) is 0 Å². The minimum Gasteiger partial charge on any atom is -0.339 e. The van der Waals surface area contributed by atoms with Gasteiger partial charge in [0.05, 0.1) is 5.75 Å². The van der Waals surface area contributed by atoms with E-state index < -0.39 is 9.05 Å².